The van der Waals surface area contributed by atoms with Gasteiger partial charge < -0.3 is 16.4 Å². The first-order valence-corrected chi connectivity index (χ1v) is 11.6. The number of pyridine rings is 1. The third kappa shape index (κ3) is 4.86. The van der Waals surface area contributed by atoms with Crippen LogP contribution in [-0.2, 0) is 6.42 Å². The SMILES string of the molecule is CCc1ncnc(-c2cc(F)c(C(=O)N3CCN(CCN)CC3)c(Cl)c2)c1-c1ccc(N)nc1. The molecule has 1 fully saturated rings. The second-order valence-corrected chi connectivity index (χ2v) is 8.51. The van der Waals surface area contributed by atoms with Crippen molar-refractivity contribution in [3.05, 3.63) is 58.9 Å². The molecule has 3 heterocycles. The molecule has 1 aliphatic rings. The van der Waals surface area contributed by atoms with Gasteiger partial charge in [-0.25, -0.2) is 19.3 Å². The van der Waals surface area contributed by atoms with Gasteiger partial charge in [-0.1, -0.05) is 18.5 Å². The fraction of sp³-hybridized carbons (Fsp3) is 0.333. The van der Waals surface area contributed by atoms with Crippen LogP contribution in [0.5, 0.6) is 0 Å². The van der Waals surface area contributed by atoms with Gasteiger partial charge in [0.2, 0.25) is 0 Å². The van der Waals surface area contributed by atoms with Crippen molar-refractivity contribution < 1.29 is 9.18 Å². The van der Waals surface area contributed by atoms with Gasteiger partial charge >= 0.3 is 0 Å². The number of hydrogen-bond acceptors (Lipinski definition) is 7. The van der Waals surface area contributed by atoms with Crippen LogP contribution in [0.25, 0.3) is 22.4 Å². The monoisotopic (exact) mass is 483 g/mol. The molecule has 2 aromatic heterocycles. The summed E-state index contributed by atoms with van der Waals surface area (Å²) in [7, 11) is 0. The lowest BCUT2D eigenvalue weighted by Crippen LogP contribution is -2.49. The zero-order valence-corrected chi connectivity index (χ0v) is 19.7. The minimum atomic E-state index is -0.685. The number of rotatable bonds is 6. The zero-order chi connectivity index (χ0) is 24.2. The highest BCUT2D eigenvalue weighted by atomic mass is 35.5. The van der Waals surface area contributed by atoms with Crippen molar-refractivity contribution in [2.75, 3.05) is 45.0 Å². The summed E-state index contributed by atoms with van der Waals surface area (Å²) >= 11 is 6.48. The van der Waals surface area contributed by atoms with Gasteiger partial charge in [0, 0.05) is 62.2 Å². The Morgan fingerprint density at radius 3 is 2.50 bits per heavy atom. The van der Waals surface area contributed by atoms with Gasteiger partial charge in [-0.05, 0) is 30.7 Å². The van der Waals surface area contributed by atoms with E-state index in [-0.39, 0.29) is 10.6 Å². The highest BCUT2D eigenvalue weighted by Gasteiger charge is 2.27. The zero-order valence-electron chi connectivity index (χ0n) is 19.0. The van der Waals surface area contributed by atoms with Crippen LogP contribution in [0, 0.1) is 5.82 Å². The molecule has 4 N–H and O–H groups in total. The molecule has 0 spiro atoms. The summed E-state index contributed by atoms with van der Waals surface area (Å²) in [6, 6.07) is 6.40. The Morgan fingerprint density at radius 2 is 1.88 bits per heavy atom. The lowest BCUT2D eigenvalue weighted by molar-refractivity contribution is 0.0636. The van der Waals surface area contributed by atoms with Gasteiger partial charge in [0.25, 0.3) is 5.91 Å². The number of halogens is 2. The third-order valence-corrected chi connectivity index (χ3v) is 6.27. The van der Waals surface area contributed by atoms with Crippen molar-refractivity contribution in [1.29, 1.82) is 0 Å². The van der Waals surface area contributed by atoms with Crippen molar-refractivity contribution in [2.24, 2.45) is 5.73 Å². The maximum atomic E-state index is 15.3. The third-order valence-electron chi connectivity index (χ3n) is 5.97. The Labute approximate surface area is 202 Å². The average molecular weight is 484 g/mol. The van der Waals surface area contributed by atoms with Crippen LogP contribution in [0.3, 0.4) is 0 Å². The van der Waals surface area contributed by atoms with E-state index in [0.29, 0.717) is 56.2 Å². The smallest absolute Gasteiger partial charge is 0.258 e. The lowest BCUT2D eigenvalue weighted by Gasteiger charge is -2.34. The largest absolute Gasteiger partial charge is 0.384 e. The van der Waals surface area contributed by atoms with E-state index in [1.807, 2.05) is 13.0 Å². The number of nitrogen functional groups attached to an aromatic ring is 1. The van der Waals surface area contributed by atoms with E-state index in [9.17, 15) is 4.79 Å². The summed E-state index contributed by atoms with van der Waals surface area (Å²) in [5, 5.41) is 0.0439. The molecule has 1 amide bonds. The van der Waals surface area contributed by atoms with E-state index in [0.717, 1.165) is 23.4 Å². The predicted octanol–water partition coefficient (Wildman–Crippen LogP) is 2.86. The quantitative estimate of drug-likeness (QED) is 0.554. The topological polar surface area (TPSA) is 114 Å². The Morgan fingerprint density at radius 1 is 1.12 bits per heavy atom. The molecule has 0 saturated carbocycles. The summed E-state index contributed by atoms with van der Waals surface area (Å²) in [5.41, 5.74) is 14.5. The predicted molar refractivity (Wildman–Crippen MR) is 131 cm³/mol. The van der Waals surface area contributed by atoms with Crippen LogP contribution in [0.2, 0.25) is 5.02 Å². The minimum Gasteiger partial charge on any atom is -0.384 e. The van der Waals surface area contributed by atoms with Crippen molar-refractivity contribution >= 4 is 23.3 Å². The van der Waals surface area contributed by atoms with Crippen LogP contribution >= 0.6 is 11.6 Å². The van der Waals surface area contributed by atoms with Crippen molar-refractivity contribution in [2.45, 2.75) is 13.3 Å². The van der Waals surface area contributed by atoms with Crippen molar-refractivity contribution in [1.82, 2.24) is 24.8 Å². The van der Waals surface area contributed by atoms with E-state index >= 15 is 4.39 Å². The molecule has 178 valence electrons. The second kappa shape index (κ2) is 10.4. The Bertz CT molecular complexity index is 1160. The summed E-state index contributed by atoms with van der Waals surface area (Å²) in [6.45, 7) is 5.69. The molecule has 10 heteroatoms. The van der Waals surface area contributed by atoms with E-state index in [1.165, 1.54) is 12.4 Å². The van der Waals surface area contributed by atoms with Gasteiger partial charge in [-0.2, -0.15) is 0 Å². The lowest BCUT2D eigenvalue weighted by atomic mass is 9.96. The van der Waals surface area contributed by atoms with Crippen LogP contribution in [0.15, 0.2) is 36.8 Å². The molecule has 3 aromatic rings. The average Bonchev–Trinajstić information content (AvgIpc) is 2.84. The highest BCUT2D eigenvalue weighted by molar-refractivity contribution is 6.34. The second-order valence-electron chi connectivity index (χ2n) is 8.11. The Hall–Kier alpha value is -3.14. The number of nitrogens with zero attached hydrogens (tertiary/aromatic N) is 5. The van der Waals surface area contributed by atoms with Gasteiger partial charge in [-0.15, -0.1) is 0 Å². The van der Waals surface area contributed by atoms with Crippen LogP contribution < -0.4 is 11.5 Å². The number of aromatic nitrogens is 3. The Kier molecular flexibility index (Phi) is 7.35. The fourth-order valence-corrected chi connectivity index (χ4v) is 4.48. The number of carbonyl (C=O) groups is 1. The highest BCUT2D eigenvalue weighted by Crippen LogP contribution is 2.35. The standard InChI is InChI=1S/C24H27ClFN7O/c1-2-19-21(15-3-4-20(28)29-13-15)23(31-14-30-19)16-11-17(25)22(18(26)12-16)24(34)33-9-7-32(6-5-27)8-10-33/h3-4,11-14H,2,5-10,27H2,1H3,(H2,28,29). The first-order chi connectivity index (χ1) is 16.4. The number of anilines is 1. The minimum absolute atomic E-state index is 0.0439. The summed E-state index contributed by atoms with van der Waals surface area (Å²) in [4.78, 5) is 29.9. The summed E-state index contributed by atoms with van der Waals surface area (Å²) < 4.78 is 15.3. The Balaban J connectivity index is 1.69. The molecule has 0 aliphatic carbocycles. The molecule has 4 rings (SSSR count). The number of carbonyl (C=O) groups excluding carboxylic acids is 1. The molecule has 0 atom stereocenters. The number of benzene rings is 1. The molecule has 1 saturated heterocycles. The molecule has 0 unspecified atom stereocenters. The molecule has 1 aliphatic heterocycles. The van der Waals surface area contributed by atoms with Gasteiger partial charge in [0.15, 0.2) is 0 Å². The molecule has 1 aromatic carbocycles. The molecule has 0 radical (unpaired) electrons. The van der Waals surface area contributed by atoms with E-state index in [2.05, 4.69) is 19.9 Å². The van der Waals surface area contributed by atoms with E-state index in [4.69, 9.17) is 23.1 Å². The number of hydrogen-bond donors (Lipinski definition) is 2. The maximum Gasteiger partial charge on any atom is 0.258 e. The molecular weight excluding hydrogens is 457 g/mol. The van der Waals surface area contributed by atoms with Gasteiger partial charge in [0.05, 0.1) is 22.0 Å². The normalized spacial score (nSPS) is 14.4. The van der Waals surface area contributed by atoms with Gasteiger partial charge in [-0.3, -0.25) is 9.69 Å². The number of aryl methyl sites for hydroxylation is 1. The van der Waals surface area contributed by atoms with Crippen LogP contribution in [0.1, 0.15) is 23.0 Å². The van der Waals surface area contributed by atoms with Crippen LogP contribution in [0.4, 0.5) is 10.2 Å². The fourth-order valence-electron chi connectivity index (χ4n) is 4.19. The van der Waals surface area contributed by atoms with Crippen molar-refractivity contribution in [3.8, 4) is 22.4 Å². The number of piperazine rings is 1. The van der Waals surface area contributed by atoms with Gasteiger partial charge in [0.1, 0.15) is 18.0 Å². The molecular formula is C24H27ClFN7O. The number of amides is 1. The molecule has 0 bridgehead atoms. The molecule has 8 nitrogen and oxygen atoms in total. The summed E-state index contributed by atoms with van der Waals surface area (Å²) in [5.74, 6) is -0.711. The van der Waals surface area contributed by atoms with E-state index < -0.39 is 11.7 Å². The van der Waals surface area contributed by atoms with Crippen molar-refractivity contribution in [3.63, 3.8) is 0 Å². The first kappa shape index (κ1) is 24.0. The first-order valence-electron chi connectivity index (χ1n) is 11.2. The summed E-state index contributed by atoms with van der Waals surface area (Å²) in [6.07, 6.45) is 3.71. The maximum absolute atomic E-state index is 15.3. The van der Waals surface area contributed by atoms with Crippen LogP contribution in [-0.4, -0.2) is 69.9 Å². The van der Waals surface area contributed by atoms with E-state index in [1.54, 1.807) is 23.2 Å². The number of nitrogens with two attached hydrogens (primary N) is 2. The molecule has 34 heavy (non-hydrogen) atoms.